The SMILES string of the molecule is CCOc1ccc(C(=O)CCC(=O)O)c(C)c1. The van der Waals surface area contributed by atoms with Gasteiger partial charge in [0.05, 0.1) is 13.0 Å². The average Bonchev–Trinajstić information content (AvgIpc) is 2.26. The van der Waals surface area contributed by atoms with E-state index in [1.165, 1.54) is 0 Å². The van der Waals surface area contributed by atoms with Crippen LogP contribution in [0.5, 0.6) is 5.75 Å². The van der Waals surface area contributed by atoms with Gasteiger partial charge in [0.25, 0.3) is 0 Å². The second kappa shape index (κ2) is 6.03. The number of aliphatic carboxylic acids is 1. The highest BCUT2D eigenvalue weighted by atomic mass is 16.5. The minimum atomic E-state index is -0.957. The number of ketones is 1. The Morgan fingerprint density at radius 1 is 1.29 bits per heavy atom. The van der Waals surface area contributed by atoms with E-state index in [1.54, 1.807) is 18.2 Å². The minimum Gasteiger partial charge on any atom is -0.494 e. The van der Waals surface area contributed by atoms with Gasteiger partial charge in [0.1, 0.15) is 5.75 Å². The topological polar surface area (TPSA) is 63.6 Å². The van der Waals surface area contributed by atoms with E-state index in [-0.39, 0.29) is 18.6 Å². The fraction of sp³-hybridized carbons (Fsp3) is 0.385. The Bertz CT molecular complexity index is 423. The first-order valence-corrected chi connectivity index (χ1v) is 5.53. The number of hydrogen-bond donors (Lipinski definition) is 1. The molecule has 0 radical (unpaired) electrons. The van der Waals surface area contributed by atoms with Gasteiger partial charge in [0.2, 0.25) is 0 Å². The third kappa shape index (κ3) is 3.90. The third-order valence-electron chi connectivity index (χ3n) is 2.38. The maximum atomic E-state index is 11.7. The molecule has 1 rings (SSSR count). The monoisotopic (exact) mass is 236 g/mol. The van der Waals surface area contributed by atoms with Gasteiger partial charge in [-0.2, -0.15) is 0 Å². The molecule has 0 fully saturated rings. The number of hydrogen-bond acceptors (Lipinski definition) is 3. The second-order valence-electron chi connectivity index (χ2n) is 3.73. The first-order valence-electron chi connectivity index (χ1n) is 5.53. The summed E-state index contributed by atoms with van der Waals surface area (Å²) in [5.41, 5.74) is 1.38. The van der Waals surface area contributed by atoms with Crippen molar-refractivity contribution in [3.63, 3.8) is 0 Å². The summed E-state index contributed by atoms with van der Waals surface area (Å²) in [7, 11) is 0. The number of carboxylic acids is 1. The largest absolute Gasteiger partial charge is 0.494 e. The van der Waals surface area contributed by atoms with Crippen molar-refractivity contribution in [3.05, 3.63) is 29.3 Å². The summed E-state index contributed by atoms with van der Waals surface area (Å²) in [6.45, 7) is 4.28. The predicted octanol–water partition coefficient (Wildman–Crippen LogP) is 2.44. The summed E-state index contributed by atoms with van der Waals surface area (Å²) in [6, 6.07) is 5.20. The van der Waals surface area contributed by atoms with Crippen molar-refractivity contribution in [2.45, 2.75) is 26.7 Å². The van der Waals surface area contributed by atoms with Crippen molar-refractivity contribution in [2.75, 3.05) is 6.61 Å². The number of benzene rings is 1. The fourth-order valence-electron chi connectivity index (χ4n) is 1.56. The normalized spacial score (nSPS) is 10.0. The highest BCUT2D eigenvalue weighted by Gasteiger charge is 2.11. The summed E-state index contributed by atoms with van der Waals surface area (Å²) in [6.07, 6.45) is -0.102. The number of carboxylic acid groups (broad SMARTS) is 1. The van der Waals surface area contributed by atoms with Crippen molar-refractivity contribution >= 4 is 11.8 Å². The Kier molecular flexibility index (Phi) is 4.69. The highest BCUT2D eigenvalue weighted by Crippen LogP contribution is 2.19. The van der Waals surface area contributed by atoms with Crippen LogP contribution in [0.1, 0.15) is 35.7 Å². The van der Waals surface area contributed by atoms with E-state index in [1.807, 2.05) is 13.8 Å². The minimum absolute atomic E-state index is 0.0319. The molecule has 0 aliphatic carbocycles. The van der Waals surface area contributed by atoms with Gasteiger partial charge in [-0.15, -0.1) is 0 Å². The molecule has 0 aromatic heterocycles. The van der Waals surface area contributed by atoms with Crippen LogP contribution in [0.4, 0.5) is 0 Å². The van der Waals surface area contributed by atoms with Crippen molar-refractivity contribution in [2.24, 2.45) is 0 Å². The number of aryl methyl sites for hydroxylation is 1. The Hall–Kier alpha value is -1.84. The van der Waals surface area contributed by atoms with Gasteiger partial charge in [-0.05, 0) is 37.6 Å². The summed E-state index contributed by atoms with van der Waals surface area (Å²) in [5.74, 6) is -0.380. The molecule has 1 aromatic rings. The molecule has 0 bridgehead atoms. The van der Waals surface area contributed by atoms with Crippen LogP contribution in [-0.2, 0) is 4.79 Å². The van der Waals surface area contributed by atoms with E-state index in [0.29, 0.717) is 12.2 Å². The van der Waals surface area contributed by atoms with E-state index < -0.39 is 5.97 Å². The molecule has 92 valence electrons. The Balaban J connectivity index is 2.77. The molecule has 4 heteroatoms. The van der Waals surface area contributed by atoms with Crippen LogP contribution in [0.15, 0.2) is 18.2 Å². The van der Waals surface area contributed by atoms with Crippen LogP contribution in [0.25, 0.3) is 0 Å². The van der Waals surface area contributed by atoms with Crippen molar-refractivity contribution in [1.29, 1.82) is 0 Å². The van der Waals surface area contributed by atoms with E-state index in [0.717, 1.165) is 11.3 Å². The highest BCUT2D eigenvalue weighted by molar-refractivity contribution is 5.98. The average molecular weight is 236 g/mol. The maximum Gasteiger partial charge on any atom is 0.303 e. The number of Topliss-reactive ketones (excluding diaryl/α,β-unsaturated/α-hetero) is 1. The first-order chi connectivity index (χ1) is 8.04. The number of ether oxygens (including phenoxy) is 1. The van der Waals surface area contributed by atoms with Crippen LogP contribution in [0, 0.1) is 6.92 Å². The smallest absolute Gasteiger partial charge is 0.303 e. The van der Waals surface area contributed by atoms with Gasteiger partial charge in [-0.3, -0.25) is 9.59 Å². The molecule has 0 saturated heterocycles. The second-order valence-corrected chi connectivity index (χ2v) is 3.73. The zero-order valence-corrected chi connectivity index (χ0v) is 10.0. The molecule has 17 heavy (non-hydrogen) atoms. The van der Waals surface area contributed by atoms with Crippen LogP contribution in [0.2, 0.25) is 0 Å². The first kappa shape index (κ1) is 13.2. The van der Waals surface area contributed by atoms with Gasteiger partial charge in [-0.1, -0.05) is 0 Å². The van der Waals surface area contributed by atoms with Crippen molar-refractivity contribution < 1.29 is 19.4 Å². The lowest BCUT2D eigenvalue weighted by molar-refractivity contribution is -0.136. The zero-order chi connectivity index (χ0) is 12.8. The molecule has 0 aliphatic rings. The van der Waals surface area contributed by atoms with Crippen LogP contribution >= 0.6 is 0 Å². The quantitative estimate of drug-likeness (QED) is 0.770. The van der Waals surface area contributed by atoms with Gasteiger partial charge >= 0.3 is 5.97 Å². The fourth-order valence-corrected chi connectivity index (χ4v) is 1.56. The molecule has 0 spiro atoms. The van der Waals surface area contributed by atoms with E-state index in [2.05, 4.69) is 0 Å². The molecule has 4 nitrogen and oxygen atoms in total. The number of carbonyl (C=O) groups is 2. The van der Waals surface area contributed by atoms with E-state index in [9.17, 15) is 9.59 Å². The molecular weight excluding hydrogens is 220 g/mol. The summed E-state index contributed by atoms with van der Waals surface area (Å²) in [4.78, 5) is 22.1. The van der Waals surface area contributed by atoms with E-state index in [4.69, 9.17) is 9.84 Å². The van der Waals surface area contributed by atoms with E-state index >= 15 is 0 Å². The molecule has 1 aromatic carbocycles. The molecule has 1 N–H and O–H groups in total. The molecule has 0 atom stereocenters. The number of carbonyl (C=O) groups excluding carboxylic acids is 1. The van der Waals surface area contributed by atoms with Crippen LogP contribution in [-0.4, -0.2) is 23.5 Å². The molecule has 0 aliphatic heterocycles. The summed E-state index contributed by atoms with van der Waals surface area (Å²) < 4.78 is 5.31. The van der Waals surface area contributed by atoms with Crippen LogP contribution in [0.3, 0.4) is 0 Å². The third-order valence-corrected chi connectivity index (χ3v) is 2.38. The van der Waals surface area contributed by atoms with Gasteiger partial charge < -0.3 is 9.84 Å². The standard InChI is InChI=1S/C13H16O4/c1-3-17-10-4-5-11(9(2)8-10)12(14)6-7-13(15)16/h4-5,8H,3,6-7H2,1-2H3,(H,15,16). The molecule has 0 saturated carbocycles. The molecule has 0 heterocycles. The lowest BCUT2D eigenvalue weighted by Crippen LogP contribution is -2.05. The van der Waals surface area contributed by atoms with Crippen molar-refractivity contribution in [3.8, 4) is 5.75 Å². The summed E-state index contributed by atoms with van der Waals surface area (Å²) >= 11 is 0. The number of rotatable bonds is 6. The summed E-state index contributed by atoms with van der Waals surface area (Å²) in [5, 5.41) is 8.52. The molecule has 0 unspecified atom stereocenters. The molecular formula is C13H16O4. The molecule has 0 amide bonds. The lowest BCUT2D eigenvalue weighted by atomic mass is 10.0. The zero-order valence-electron chi connectivity index (χ0n) is 10.0. The maximum absolute atomic E-state index is 11.7. The lowest BCUT2D eigenvalue weighted by Gasteiger charge is -2.07. The van der Waals surface area contributed by atoms with Gasteiger partial charge in [-0.25, -0.2) is 0 Å². The van der Waals surface area contributed by atoms with Gasteiger partial charge in [0, 0.05) is 12.0 Å². The Morgan fingerprint density at radius 2 is 2.00 bits per heavy atom. The Morgan fingerprint density at radius 3 is 2.53 bits per heavy atom. The van der Waals surface area contributed by atoms with Crippen molar-refractivity contribution in [1.82, 2.24) is 0 Å². The van der Waals surface area contributed by atoms with Crippen LogP contribution < -0.4 is 4.74 Å². The van der Waals surface area contributed by atoms with Gasteiger partial charge in [0.15, 0.2) is 5.78 Å². The predicted molar refractivity (Wildman–Crippen MR) is 63.5 cm³/mol. The Labute approximate surface area is 100 Å².